The summed E-state index contributed by atoms with van der Waals surface area (Å²) in [6, 6.07) is 12.4. The number of nitrogens with one attached hydrogen (secondary N) is 1. The van der Waals surface area contributed by atoms with E-state index in [4.69, 9.17) is 23.4 Å². The molecule has 7 unspecified atom stereocenters. The maximum absolute atomic E-state index is 12.1. The minimum absolute atomic E-state index is 0.190. The Morgan fingerprint density at radius 1 is 1.19 bits per heavy atom. The molecule has 32 heavy (non-hydrogen) atoms. The van der Waals surface area contributed by atoms with Crippen molar-refractivity contribution in [3.63, 3.8) is 0 Å². The first kappa shape index (κ1) is 22.8. The Kier molecular flexibility index (Phi) is 7.17. The van der Waals surface area contributed by atoms with Gasteiger partial charge in [0.2, 0.25) is 12.2 Å². The predicted octanol–water partition coefficient (Wildman–Crippen LogP) is 2.57. The van der Waals surface area contributed by atoms with Crippen molar-refractivity contribution in [2.45, 2.75) is 60.9 Å². The van der Waals surface area contributed by atoms with E-state index < -0.39 is 48.2 Å². The standard InChI is InChI=1S/C22H25NO8S/c1-12(20(25)26)29-19-17(23-13(2)24)22(32-14-7-4-3-5-8-14)30-16-11-28-21(31-18(16)19)15-9-6-10-27-15/h3-10,12,16-19,21-22H,11H2,1-2H3,(H,23,24)(H,25,26). The van der Waals surface area contributed by atoms with E-state index in [0.717, 1.165) is 4.90 Å². The predicted molar refractivity (Wildman–Crippen MR) is 113 cm³/mol. The number of hydrogen-bond acceptors (Lipinski definition) is 8. The van der Waals surface area contributed by atoms with Crippen molar-refractivity contribution in [1.29, 1.82) is 0 Å². The van der Waals surface area contributed by atoms with Crippen LogP contribution in [0.4, 0.5) is 0 Å². The molecule has 7 atom stereocenters. The lowest BCUT2D eigenvalue weighted by Crippen LogP contribution is -2.66. The molecular weight excluding hydrogens is 438 g/mol. The summed E-state index contributed by atoms with van der Waals surface area (Å²) in [6.07, 6.45) is -2.42. The first-order valence-corrected chi connectivity index (χ1v) is 11.1. The van der Waals surface area contributed by atoms with E-state index in [1.54, 1.807) is 12.1 Å². The summed E-state index contributed by atoms with van der Waals surface area (Å²) in [6.45, 7) is 3.03. The van der Waals surface area contributed by atoms with Crippen LogP contribution in [0.3, 0.4) is 0 Å². The number of rotatable bonds is 7. The van der Waals surface area contributed by atoms with Crippen LogP contribution in [-0.2, 0) is 28.5 Å². The van der Waals surface area contributed by atoms with Crippen LogP contribution in [0.15, 0.2) is 58.0 Å². The average Bonchev–Trinajstić information content (AvgIpc) is 3.31. The molecule has 2 N–H and O–H groups in total. The van der Waals surface area contributed by atoms with Gasteiger partial charge in [0.15, 0.2) is 11.9 Å². The van der Waals surface area contributed by atoms with Crippen molar-refractivity contribution in [2.75, 3.05) is 6.61 Å². The van der Waals surface area contributed by atoms with Crippen molar-refractivity contribution in [3.05, 3.63) is 54.5 Å². The number of fused-ring (bicyclic) bond motifs is 1. The molecule has 4 rings (SSSR count). The Morgan fingerprint density at radius 2 is 1.97 bits per heavy atom. The van der Waals surface area contributed by atoms with Crippen molar-refractivity contribution >= 4 is 23.6 Å². The van der Waals surface area contributed by atoms with Gasteiger partial charge in [-0.2, -0.15) is 0 Å². The number of aliphatic carboxylic acids is 1. The van der Waals surface area contributed by atoms with Gasteiger partial charge in [-0.25, -0.2) is 4.79 Å². The van der Waals surface area contributed by atoms with Gasteiger partial charge < -0.3 is 33.8 Å². The van der Waals surface area contributed by atoms with Crippen LogP contribution in [0.2, 0.25) is 0 Å². The molecule has 10 heteroatoms. The molecule has 1 aromatic carbocycles. The second kappa shape index (κ2) is 10.1. The number of carboxylic acid groups (broad SMARTS) is 1. The van der Waals surface area contributed by atoms with Gasteiger partial charge in [0.05, 0.1) is 18.9 Å². The third kappa shape index (κ3) is 5.16. The van der Waals surface area contributed by atoms with Gasteiger partial charge >= 0.3 is 5.97 Å². The van der Waals surface area contributed by atoms with Crippen LogP contribution >= 0.6 is 11.8 Å². The van der Waals surface area contributed by atoms with Crippen molar-refractivity contribution < 1.29 is 38.1 Å². The van der Waals surface area contributed by atoms with Gasteiger partial charge in [-0.05, 0) is 31.2 Å². The Balaban J connectivity index is 1.64. The molecule has 9 nitrogen and oxygen atoms in total. The molecule has 0 spiro atoms. The molecule has 0 saturated carbocycles. The Morgan fingerprint density at radius 3 is 2.62 bits per heavy atom. The molecule has 172 valence electrons. The van der Waals surface area contributed by atoms with Gasteiger partial charge in [0.25, 0.3) is 0 Å². The highest BCUT2D eigenvalue weighted by Gasteiger charge is 2.52. The molecular formula is C22H25NO8S. The van der Waals surface area contributed by atoms with E-state index in [2.05, 4.69) is 5.32 Å². The van der Waals surface area contributed by atoms with Gasteiger partial charge in [-0.1, -0.05) is 30.0 Å². The highest BCUT2D eigenvalue weighted by Crippen LogP contribution is 2.40. The lowest BCUT2D eigenvalue weighted by molar-refractivity contribution is -0.317. The Hall–Kier alpha value is -2.37. The summed E-state index contributed by atoms with van der Waals surface area (Å²) in [4.78, 5) is 24.5. The monoisotopic (exact) mass is 463 g/mol. The van der Waals surface area contributed by atoms with Crippen LogP contribution in [0.25, 0.3) is 0 Å². The maximum atomic E-state index is 12.1. The molecule has 2 aliphatic rings. The number of benzene rings is 1. The number of carbonyl (C=O) groups is 2. The minimum atomic E-state index is -1.12. The van der Waals surface area contributed by atoms with Crippen LogP contribution in [0, 0.1) is 0 Å². The quantitative estimate of drug-likeness (QED) is 0.639. The fourth-order valence-electron chi connectivity index (χ4n) is 3.72. The Labute approximate surface area is 189 Å². The molecule has 3 heterocycles. The van der Waals surface area contributed by atoms with Crippen LogP contribution in [-0.4, -0.2) is 59.5 Å². The molecule has 1 amide bonds. The fourth-order valence-corrected chi connectivity index (χ4v) is 4.87. The minimum Gasteiger partial charge on any atom is -0.479 e. The van der Waals surface area contributed by atoms with Gasteiger partial charge in [0, 0.05) is 11.8 Å². The van der Waals surface area contributed by atoms with Crippen LogP contribution < -0.4 is 5.32 Å². The maximum Gasteiger partial charge on any atom is 0.332 e. The lowest BCUT2D eigenvalue weighted by Gasteiger charge is -2.49. The van der Waals surface area contributed by atoms with Crippen LogP contribution in [0.5, 0.6) is 0 Å². The van der Waals surface area contributed by atoms with E-state index in [1.807, 2.05) is 30.3 Å². The number of carbonyl (C=O) groups excluding carboxylic acids is 1. The molecule has 2 fully saturated rings. The second-order valence-electron chi connectivity index (χ2n) is 7.56. The van der Waals surface area contributed by atoms with Crippen molar-refractivity contribution in [3.8, 4) is 0 Å². The largest absolute Gasteiger partial charge is 0.479 e. The van der Waals surface area contributed by atoms with Crippen LogP contribution in [0.1, 0.15) is 25.9 Å². The number of hydrogen-bond donors (Lipinski definition) is 2. The smallest absolute Gasteiger partial charge is 0.332 e. The van der Waals surface area contributed by atoms with E-state index in [0.29, 0.717) is 5.76 Å². The van der Waals surface area contributed by atoms with Crippen molar-refractivity contribution in [2.24, 2.45) is 0 Å². The van der Waals surface area contributed by atoms with Gasteiger partial charge in [0.1, 0.15) is 23.7 Å². The summed E-state index contributed by atoms with van der Waals surface area (Å²) in [7, 11) is 0. The number of amides is 1. The number of carboxylic acids is 1. The van der Waals surface area contributed by atoms with E-state index in [-0.39, 0.29) is 12.5 Å². The Bertz CT molecular complexity index is 908. The number of ether oxygens (including phenoxy) is 4. The molecule has 0 aliphatic carbocycles. The SMILES string of the molecule is CC(=O)NC1C(Sc2ccccc2)OC2COC(c3ccco3)OC2C1OC(C)C(=O)O. The molecule has 2 aromatic rings. The molecule has 2 aliphatic heterocycles. The topological polar surface area (TPSA) is 116 Å². The third-order valence-corrected chi connectivity index (χ3v) is 6.37. The third-order valence-electron chi connectivity index (χ3n) is 5.19. The second-order valence-corrected chi connectivity index (χ2v) is 8.73. The zero-order chi connectivity index (χ0) is 22.7. The normalized spacial score (nSPS) is 30.8. The average molecular weight is 464 g/mol. The summed E-state index contributed by atoms with van der Waals surface area (Å²) in [5.74, 6) is -0.927. The summed E-state index contributed by atoms with van der Waals surface area (Å²) >= 11 is 1.41. The van der Waals surface area contributed by atoms with E-state index >= 15 is 0 Å². The first-order chi connectivity index (χ1) is 15.4. The fraction of sp³-hybridized carbons (Fsp3) is 0.455. The highest BCUT2D eigenvalue weighted by atomic mass is 32.2. The zero-order valence-corrected chi connectivity index (χ0v) is 18.4. The molecule has 0 bridgehead atoms. The summed E-state index contributed by atoms with van der Waals surface area (Å²) in [5, 5.41) is 12.3. The number of furan rings is 1. The number of thioether (sulfide) groups is 1. The first-order valence-electron chi connectivity index (χ1n) is 10.3. The highest BCUT2D eigenvalue weighted by molar-refractivity contribution is 7.99. The molecule has 2 saturated heterocycles. The summed E-state index contributed by atoms with van der Waals surface area (Å²) < 4.78 is 29.6. The van der Waals surface area contributed by atoms with E-state index in [1.165, 1.54) is 31.9 Å². The van der Waals surface area contributed by atoms with Gasteiger partial charge in [-0.3, -0.25) is 4.79 Å². The zero-order valence-electron chi connectivity index (χ0n) is 17.6. The van der Waals surface area contributed by atoms with Crippen molar-refractivity contribution in [1.82, 2.24) is 5.32 Å². The van der Waals surface area contributed by atoms with Gasteiger partial charge in [-0.15, -0.1) is 0 Å². The summed E-state index contributed by atoms with van der Waals surface area (Å²) in [5.41, 5.74) is -0.555. The van der Waals surface area contributed by atoms with E-state index in [9.17, 15) is 14.7 Å². The molecule has 1 aromatic heterocycles. The molecule has 0 radical (unpaired) electrons. The lowest BCUT2D eigenvalue weighted by atomic mass is 9.96.